The molecular weight excluding hydrogens is 244 g/mol. The molecular formula is C13H16N4S. The van der Waals surface area contributed by atoms with Gasteiger partial charge in [-0.25, -0.2) is 15.0 Å². The number of thiazole rings is 1. The van der Waals surface area contributed by atoms with Crippen LogP contribution in [0, 0.1) is 0 Å². The summed E-state index contributed by atoms with van der Waals surface area (Å²) in [6.45, 7) is 2.89. The van der Waals surface area contributed by atoms with Crippen LogP contribution in [0.4, 0.5) is 5.82 Å². The monoisotopic (exact) mass is 260 g/mol. The Labute approximate surface area is 111 Å². The molecule has 5 heteroatoms. The van der Waals surface area contributed by atoms with Crippen molar-refractivity contribution in [1.29, 1.82) is 0 Å². The lowest BCUT2D eigenvalue weighted by atomic mass is 10.4. The molecule has 0 atom stereocenters. The molecule has 0 saturated heterocycles. The molecule has 1 aliphatic carbocycles. The second kappa shape index (κ2) is 5.02. The van der Waals surface area contributed by atoms with Gasteiger partial charge in [0.1, 0.15) is 16.6 Å². The van der Waals surface area contributed by atoms with Crippen LogP contribution in [-0.4, -0.2) is 15.0 Å². The topological polar surface area (TPSA) is 50.7 Å². The Bertz CT molecular complexity index is 533. The molecule has 1 N–H and O–H groups in total. The predicted octanol–water partition coefficient (Wildman–Crippen LogP) is 2.99. The van der Waals surface area contributed by atoms with Crippen molar-refractivity contribution in [2.75, 3.05) is 5.32 Å². The van der Waals surface area contributed by atoms with Crippen LogP contribution in [0.2, 0.25) is 0 Å². The SMILES string of the molecule is CCc1cnc(CNc2ccnc(C3CC3)n2)s1. The van der Waals surface area contributed by atoms with Gasteiger partial charge in [-0.05, 0) is 25.3 Å². The highest BCUT2D eigenvalue weighted by atomic mass is 32.1. The molecule has 0 unspecified atom stereocenters. The first-order chi connectivity index (χ1) is 8.85. The average Bonchev–Trinajstić information content (AvgIpc) is 3.16. The molecule has 94 valence electrons. The maximum atomic E-state index is 4.53. The summed E-state index contributed by atoms with van der Waals surface area (Å²) in [5.74, 6) is 2.48. The summed E-state index contributed by atoms with van der Waals surface area (Å²) in [6, 6.07) is 1.92. The van der Waals surface area contributed by atoms with Crippen molar-refractivity contribution >= 4 is 17.2 Å². The van der Waals surface area contributed by atoms with E-state index in [-0.39, 0.29) is 0 Å². The minimum absolute atomic E-state index is 0.596. The number of nitrogens with one attached hydrogen (secondary N) is 1. The number of hydrogen-bond donors (Lipinski definition) is 1. The summed E-state index contributed by atoms with van der Waals surface area (Å²) in [7, 11) is 0. The van der Waals surface area contributed by atoms with Crippen LogP contribution in [0.1, 0.15) is 41.4 Å². The van der Waals surface area contributed by atoms with Crippen molar-refractivity contribution in [3.05, 3.63) is 34.2 Å². The van der Waals surface area contributed by atoms with Gasteiger partial charge >= 0.3 is 0 Å². The van der Waals surface area contributed by atoms with Crippen LogP contribution in [0.5, 0.6) is 0 Å². The van der Waals surface area contributed by atoms with E-state index >= 15 is 0 Å². The summed E-state index contributed by atoms with van der Waals surface area (Å²) in [6.07, 6.45) is 7.31. The molecule has 0 amide bonds. The van der Waals surface area contributed by atoms with Gasteiger partial charge in [-0.3, -0.25) is 0 Å². The van der Waals surface area contributed by atoms with Gasteiger partial charge < -0.3 is 5.32 Å². The third kappa shape index (κ3) is 2.67. The lowest BCUT2D eigenvalue weighted by Gasteiger charge is -2.04. The first-order valence-corrected chi connectivity index (χ1v) is 7.17. The Hall–Kier alpha value is -1.49. The van der Waals surface area contributed by atoms with Crippen molar-refractivity contribution in [2.45, 2.75) is 38.6 Å². The standard InChI is InChI=1S/C13H16N4S/c1-2-10-7-16-12(18-10)8-15-11-5-6-14-13(17-11)9-3-4-9/h5-7,9H,2-4,8H2,1H3,(H,14,15,17). The Morgan fingerprint density at radius 3 is 3.00 bits per heavy atom. The molecule has 0 aromatic carbocycles. The lowest BCUT2D eigenvalue weighted by Crippen LogP contribution is -2.03. The zero-order valence-corrected chi connectivity index (χ0v) is 11.2. The number of anilines is 1. The van der Waals surface area contributed by atoms with E-state index in [1.165, 1.54) is 17.7 Å². The molecule has 0 spiro atoms. The van der Waals surface area contributed by atoms with Crippen LogP contribution in [0.25, 0.3) is 0 Å². The van der Waals surface area contributed by atoms with Crippen molar-refractivity contribution in [2.24, 2.45) is 0 Å². The summed E-state index contributed by atoms with van der Waals surface area (Å²) < 4.78 is 0. The van der Waals surface area contributed by atoms with Crippen LogP contribution < -0.4 is 5.32 Å². The molecule has 18 heavy (non-hydrogen) atoms. The van der Waals surface area contributed by atoms with E-state index in [9.17, 15) is 0 Å². The van der Waals surface area contributed by atoms with E-state index in [0.29, 0.717) is 5.92 Å². The minimum Gasteiger partial charge on any atom is -0.363 e. The number of hydrogen-bond acceptors (Lipinski definition) is 5. The molecule has 3 rings (SSSR count). The highest BCUT2D eigenvalue weighted by molar-refractivity contribution is 7.11. The lowest BCUT2D eigenvalue weighted by molar-refractivity contribution is 0.920. The molecule has 1 aliphatic rings. The molecule has 0 radical (unpaired) electrons. The normalized spacial score (nSPS) is 14.7. The Morgan fingerprint density at radius 2 is 2.28 bits per heavy atom. The van der Waals surface area contributed by atoms with E-state index in [2.05, 4.69) is 27.2 Å². The molecule has 4 nitrogen and oxygen atoms in total. The third-order valence-corrected chi connectivity index (χ3v) is 4.13. The summed E-state index contributed by atoms with van der Waals surface area (Å²) in [5, 5.41) is 4.43. The van der Waals surface area contributed by atoms with Crippen LogP contribution in [0.15, 0.2) is 18.5 Å². The quantitative estimate of drug-likeness (QED) is 0.898. The highest BCUT2D eigenvalue weighted by Crippen LogP contribution is 2.38. The van der Waals surface area contributed by atoms with Gasteiger partial charge in [-0.1, -0.05) is 6.92 Å². The zero-order valence-electron chi connectivity index (χ0n) is 10.4. The fourth-order valence-corrected chi connectivity index (χ4v) is 2.57. The van der Waals surface area contributed by atoms with Crippen molar-refractivity contribution in [3.63, 3.8) is 0 Å². The Kier molecular flexibility index (Phi) is 3.23. The van der Waals surface area contributed by atoms with Crippen LogP contribution in [-0.2, 0) is 13.0 Å². The zero-order chi connectivity index (χ0) is 12.4. The second-order valence-electron chi connectivity index (χ2n) is 4.50. The van der Waals surface area contributed by atoms with Crippen LogP contribution >= 0.6 is 11.3 Å². The van der Waals surface area contributed by atoms with Gasteiger partial charge in [-0.2, -0.15) is 0 Å². The fourth-order valence-electron chi connectivity index (χ4n) is 1.77. The fraction of sp³-hybridized carbons (Fsp3) is 0.462. The number of rotatable bonds is 5. The van der Waals surface area contributed by atoms with Gasteiger partial charge in [0.25, 0.3) is 0 Å². The molecule has 1 fully saturated rings. The van der Waals surface area contributed by atoms with Gasteiger partial charge in [0, 0.05) is 23.2 Å². The van der Waals surface area contributed by atoms with Gasteiger partial charge in [-0.15, -0.1) is 11.3 Å². The molecule has 0 aliphatic heterocycles. The number of aryl methyl sites for hydroxylation is 1. The van der Waals surface area contributed by atoms with Crippen LogP contribution in [0.3, 0.4) is 0 Å². The maximum Gasteiger partial charge on any atom is 0.133 e. The molecule has 1 saturated carbocycles. The molecule has 2 aromatic heterocycles. The summed E-state index contributed by atoms with van der Waals surface area (Å²) in [5.41, 5.74) is 0. The van der Waals surface area contributed by atoms with E-state index in [0.717, 1.165) is 29.6 Å². The van der Waals surface area contributed by atoms with Crippen molar-refractivity contribution in [3.8, 4) is 0 Å². The van der Waals surface area contributed by atoms with Gasteiger partial charge in [0.2, 0.25) is 0 Å². The highest BCUT2D eigenvalue weighted by Gasteiger charge is 2.26. The predicted molar refractivity (Wildman–Crippen MR) is 72.8 cm³/mol. The van der Waals surface area contributed by atoms with Gasteiger partial charge in [0.15, 0.2) is 0 Å². The second-order valence-corrected chi connectivity index (χ2v) is 5.70. The average molecular weight is 260 g/mol. The Balaban J connectivity index is 1.63. The van der Waals surface area contributed by atoms with E-state index < -0.39 is 0 Å². The van der Waals surface area contributed by atoms with E-state index in [4.69, 9.17) is 0 Å². The number of aromatic nitrogens is 3. The molecule has 2 heterocycles. The first kappa shape index (κ1) is 11.6. The Morgan fingerprint density at radius 1 is 1.39 bits per heavy atom. The molecule has 2 aromatic rings. The maximum absolute atomic E-state index is 4.53. The van der Waals surface area contributed by atoms with Gasteiger partial charge in [0.05, 0.1) is 6.54 Å². The first-order valence-electron chi connectivity index (χ1n) is 6.35. The minimum atomic E-state index is 0.596. The van der Waals surface area contributed by atoms with Crippen molar-refractivity contribution < 1.29 is 0 Å². The smallest absolute Gasteiger partial charge is 0.133 e. The number of nitrogens with zero attached hydrogens (tertiary/aromatic N) is 3. The van der Waals surface area contributed by atoms with E-state index in [1.807, 2.05) is 18.5 Å². The summed E-state index contributed by atoms with van der Waals surface area (Å²) >= 11 is 1.76. The largest absolute Gasteiger partial charge is 0.363 e. The van der Waals surface area contributed by atoms with Crippen molar-refractivity contribution in [1.82, 2.24) is 15.0 Å². The van der Waals surface area contributed by atoms with E-state index in [1.54, 1.807) is 11.3 Å². The summed E-state index contributed by atoms with van der Waals surface area (Å²) in [4.78, 5) is 14.6. The third-order valence-electron chi connectivity index (χ3n) is 2.99. The molecule has 0 bridgehead atoms.